The van der Waals surface area contributed by atoms with Crippen LogP contribution in [-0.4, -0.2) is 75.7 Å². The van der Waals surface area contributed by atoms with Gasteiger partial charge in [-0.15, -0.1) is 0 Å². The molecule has 224 valence electrons. The fourth-order valence-electron chi connectivity index (χ4n) is 7.69. The third-order valence-corrected chi connectivity index (χ3v) is 131. The van der Waals surface area contributed by atoms with Crippen molar-refractivity contribution in [3.8, 4) is 0 Å². The van der Waals surface area contributed by atoms with Crippen LogP contribution in [0.2, 0.25) is 105 Å². The maximum absolute atomic E-state index is 3.18. The van der Waals surface area contributed by atoms with Crippen LogP contribution in [0.25, 0.3) is 8.81 Å². The van der Waals surface area contributed by atoms with Gasteiger partial charge in [0.05, 0.1) is 0 Å². The van der Waals surface area contributed by atoms with E-state index in [9.17, 15) is 0 Å². The van der Waals surface area contributed by atoms with E-state index in [0.29, 0.717) is 0 Å². The molecule has 2 rings (SSSR count). The summed E-state index contributed by atoms with van der Waals surface area (Å²) in [5.41, 5.74) is 9.17. The molecule has 0 unspecified atom stereocenters. The second-order valence-electron chi connectivity index (χ2n) is 16.8. The summed E-state index contributed by atoms with van der Waals surface area (Å²) in [5.74, 6) is 0. The van der Waals surface area contributed by atoms with Gasteiger partial charge in [-0.2, -0.15) is 0 Å². The molecular weight excluding hydrogens is 682 g/mol. The Bertz CT molecular complexity index is 1160. The molecule has 0 N–H and O–H groups in total. The standard InChI is InChI=1S/C32H60GeSi8/c1-34(2)40(15,16)41(38(9,10)11,39(12,13)14)28-32(30-25-21-18-22-26-30)33-31(29-23-19-17-20-24-29)27-35(36(3,4)5)37(6,7)8/h17-28H,1-16H3/b31-27-,32-28-. The Balaban J connectivity index is 3.06. The van der Waals surface area contributed by atoms with Gasteiger partial charge in [0.2, 0.25) is 0 Å². The maximum atomic E-state index is 3.18. The molecule has 4 radical (unpaired) electrons. The van der Waals surface area contributed by atoms with E-state index < -0.39 is 67.4 Å². The summed E-state index contributed by atoms with van der Waals surface area (Å²) in [6, 6.07) is 23.3. The van der Waals surface area contributed by atoms with Crippen molar-refractivity contribution in [3.63, 3.8) is 0 Å². The Kier molecular flexibility index (Phi) is 12.5. The van der Waals surface area contributed by atoms with Crippen LogP contribution in [0.4, 0.5) is 0 Å². The fourth-order valence-corrected chi connectivity index (χ4v) is 181. The van der Waals surface area contributed by atoms with E-state index in [1.807, 2.05) is 0 Å². The molecule has 0 nitrogen and oxygen atoms in total. The molecule has 0 spiro atoms. The van der Waals surface area contributed by atoms with Crippen molar-refractivity contribution >= 4 is 84.5 Å². The normalized spacial score (nSPS) is 15.2. The molecule has 0 amide bonds. The molecule has 0 fully saturated rings. The minimum absolute atomic E-state index is 0.354. The number of benzene rings is 2. The molecule has 2 aromatic carbocycles. The quantitative estimate of drug-likeness (QED) is 0.190. The molecule has 0 aromatic heterocycles. The number of hydrogen-bond donors (Lipinski definition) is 0. The Hall–Kier alpha value is 0.198. The molecule has 0 bridgehead atoms. The molecule has 0 saturated carbocycles. The van der Waals surface area contributed by atoms with Gasteiger partial charge in [-0.05, 0) is 0 Å². The van der Waals surface area contributed by atoms with Gasteiger partial charge in [0.25, 0.3) is 0 Å². The van der Waals surface area contributed by atoms with Gasteiger partial charge in [-0.25, -0.2) is 0 Å². The van der Waals surface area contributed by atoms with Crippen LogP contribution >= 0.6 is 0 Å². The van der Waals surface area contributed by atoms with Crippen molar-refractivity contribution in [3.05, 3.63) is 83.2 Å². The molecule has 9 heteroatoms. The van der Waals surface area contributed by atoms with Crippen LogP contribution in [0.15, 0.2) is 72.1 Å². The van der Waals surface area contributed by atoms with Gasteiger partial charge in [0.1, 0.15) is 0 Å². The summed E-state index contributed by atoms with van der Waals surface area (Å²) in [5, 5.41) is 0. The third kappa shape index (κ3) is 8.68. The van der Waals surface area contributed by atoms with Gasteiger partial charge >= 0.3 is 272 Å². The van der Waals surface area contributed by atoms with Crippen LogP contribution in [0.5, 0.6) is 0 Å². The first-order valence-corrected chi connectivity index (χ1v) is 46.7. The molecule has 0 atom stereocenters. The van der Waals surface area contributed by atoms with Crippen molar-refractivity contribution in [1.29, 1.82) is 0 Å². The fraction of sp³-hybridized carbons (Fsp3) is 0.500. The predicted octanol–water partition coefficient (Wildman–Crippen LogP) is 10.1. The van der Waals surface area contributed by atoms with Crippen molar-refractivity contribution in [2.24, 2.45) is 0 Å². The van der Waals surface area contributed by atoms with Crippen LogP contribution in [0, 0.1) is 0 Å². The summed E-state index contributed by atoms with van der Waals surface area (Å²) in [6.07, 6.45) is 0. The molecular formula is C32H60GeSi8. The number of hydrogen-bond acceptors (Lipinski definition) is 0. The second kappa shape index (κ2) is 13.7. The molecule has 0 aliphatic carbocycles. The van der Waals surface area contributed by atoms with Crippen molar-refractivity contribution in [2.75, 3.05) is 0 Å². The summed E-state index contributed by atoms with van der Waals surface area (Å²) in [4.78, 5) is 0. The first-order valence-electron chi connectivity index (χ1n) is 15.5. The molecule has 0 heterocycles. The first-order chi connectivity index (χ1) is 18.5. The zero-order chi connectivity index (χ0) is 31.7. The summed E-state index contributed by atoms with van der Waals surface area (Å²) < 4.78 is 3.53. The van der Waals surface area contributed by atoms with Crippen LogP contribution < -0.4 is 0 Å². The summed E-state index contributed by atoms with van der Waals surface area (Å²) in [7, 11) is -7.79. The summed E-state index contributed by atoms with van der Waals surface area (Å²) >= 11 is -0.512. The monoisotopic (exact) mass is 742 g/mol. The van der Waals surface area contributed by atoms with Gasteiger partial charge in [-0.3, -0.25) is 0 Å². The van der Waals surface area contributed by atoms with Crippen molar-refractivity contribution in [2.45, 2.75) is 105 Å². The predicted molar refractivity (Wildman–Crippen MR) is 214 cm³/mol. The molecule has 0 aliphatic heterocycles. The molecule has 2 aromatic rings. The molecule has 0 saturated heterocycles. The first kappa shape index (κ1) is 37.4. The van der Waals surface area contributed by atoms with Gasteiger partial charge in [-0.1, -0.05) is 0 Å². The average Bonchev–Trinajstić information content (AvgIpc) is 2.81. The summed E-state index contributed by atoms with van der Waals surface area (Å²) in [6.45, 7) is 42.0. The number of rotatable bonds is 12. The molecule has 0 aliphatic rings. The van der Waals surface area contributed by atoms with E-state index in [0.717, 1.165) is 0 Å². The second-order valence-corrected chi connectivity index (χ2v) is 92.2. The van der Waals surface area contributed by atoms with Crippen LogP contribution in [-0.2, 0) is 0 Å². The average molecular weight is 742 g/mol. The van der Waals surface area contributed by atoms with Crippen molar-refractivity contribution in [1.82, 2.24) is 0 Å². The van der Waals surface area contributed by atoms with E-state index in [1.54, 1.807) is 8.81 Å². The Morgan fingerprint density at radius 2 is 0.927 bits per heavy atom. The SMILES string of the molecule is C[Si](C)[Si](C)(C)[Si](/C=[C](\[Ge]/[C](=C\[Si]([Si](C)(C)C)[Si](C)(C)C)c1ccccc1)c1ccccc1)([Si](C)(C)C)[Si](C)(C)C. The van der Waals surface area contributed by atoms with Gasteiger partial charge in [0.15, 0.2) is 0 Å². The van der Waals surface area contributed by atoms with Gasteiger partial charge in [0, 0.05) is 0 Å². The van der Waals surface area contributed by atoms with Gasteiger partial charge < -0.3 is 0 Å². The van der Waals surface area contributed by atoms with E-state index >= 15 is 0 Å². The van der Waals surface area contributed by atoms with E-state index in [2.05, 4.69) is 177 Å². The Morgan fingerprint density at radius 1 is 0.561 bits per heavy atom. The Morgan fingerprint density at radius 3 is 1.24 bits per heavy atom. The zero-order valence-electron chi connectivity index (χ0n) is 29.4. The molecule has 41 heavy (non-hydrogen) atoms. The van der Waals surface area contributed by atoms with E-state index in [-0.39, 0.29) is 8.31 Å². The van der Waals surface area contributed by atoms with E-state index in [4.69, 9.17) is 0 Å². The Labute approximate surface area is 270 Å². The third-order valence-electron chi connectivity index (χ3n) is 9.31. The van der Waals surface area contributed by atoms with Crippen LogP contribution in [0.1, 0.15) is 11.1 Å². The van der Waals surface area contributed by atoms with Crippen molar-refractivity contribution < 1.29 is 0 Å². The zero-order valence-corrected chi connectivity index (χ0v) is 39.5. The van der Waals surface area contributed by atoms with Crippen LogP contribution in [0.3, 0.4) is 0 Å². The topological polar surface area (TPSA) is 0 Å². The van der Waals surface area contributed by atoms with E-state index in [1.165, 1.54) is 11.1 Å². The minimum atomic E-state index is -1.69.